The van der Waals surface area contributed by atoms with E-state index in [-0.39, 0.29) is 0 Å². The first-order chi connectivity index (χ1) is 12.2. The van der Waals surface area contributed by atoms with Gasteiger partial charge in [-0.3, -0.25) is 4.68 Å². The van der Waals surface area contributed by atoms with E-state index in [1.165, 1.54) is 0 Å². The molecule has 4 nitrogen and oxygen atoms in total. The maximum absolute atomic E-state index is 4.61. The van der Waals surface area contributed by atoms with E-state index in [0.29, 0.717) is 23.0 Å². The van der Waals surface area contributed by atoms with Crippen LogP contribution in [0, 0.1) is 11.5 Å². The molecule has 2 rings (SSSR count). The number of aryl methyl sites for hydroxylation is 1. The Morgan fingerprint density at radius 2 is 1.58 bits per heavy atom. The van der Waals surface area contributed by atoms with Gasteiger partial charge < -0.3 is 0 Å². The lowest BCUT2D eigenvalue weighted by Crippen LogP contribution is -2.43. The summed E-state index contributed by atoms with van der Waals surface area (Å²) in [6.45, 7) is 14.0. The van der Waals surface area contributed by atoms with E-state index < -0.39 is 8.07 Å². The molecule has 0 atom stereocenters. The molecule has 0 fully saturated rings. The van der Waals surface area contributed by atoms with Crippen molar-refractivity contribution in [3.8, 4) is 11.5 Å². The number of halogens is 1. The van der Waals surface area contributed by atoms with Gasteiger partial charge >= 0.3 is 0 Å². The Morgan fingerprint density at radius 3 is 2.08 bits per heavy atom. The highest BCUT2D eigenvalue weighted by Gasteiger charge is 2.41. The van der Waals surface area contributed by atoms with E-state index in [4.69, 9.17) is 0 Å². The van der Waals surface area contributed by atoms with Gasteiger partial charge in [-0.1, -0.05) is 47.5 Å². The Bertz CT molecular complexity index is 776. The van der Waals surface area contributed by atoms with Gasteiger partial charge in [0.25, 0.3) is 0 Å². The normalized spacial score (nSPS) is 12.0. The van der Waals surface area contributed by atoms with Gasteiger partial charge in [-0.2, -0.15) is 5.10 Å². The highest BCUT2D eigenvalue weighted by atomic mass is 79.9. The summed E-state index contributed by atoms with van der Waals surface area (Å²) in [7, 11) is 0.168. The van der Waals surface area contributed by atoms with Crippen LogP contribution in [0.3, 0.4) is 0 Å². The minimum absolute atomic E-state index is 0.608. The summed E-state index contributed by atoms with van der Waals surface area (Å²) in [6.07, 6.45) is 6.22. The van der Waals surface area contributed by atoms with E-state index >= 15 is 0 Å². The molecule has 0 aromatic carbocycles. The molecular weight excluding hydrogens is 404 g/mol. The second-order valence-corrected chi connectivity index (χ2v) is 14.3. The van der Waals surface area contributed by atoms with Crippen molar-refractivity contribution in [1.82, 2.24) is 19.7 Å². The van der Waals surface area contributed by atoms with Crippen LogP contribution in [0.1, 0.15) is 58.6 Å². The Kier molecular flexibility index (Phi) is 6.81. The van der Waals surface area contributed by atoms with E-state index in [9.17, 15) is 0 Å². The van der Waals surface area contributed by atoms with Gasteiger partial charge in [-0.15, -0.1) is 5.54 Å². The monoisotopic (exact) mass is 432 g/mol. The zero-order valence-corrected chi connectivity index (χ0v) is 19.4. The molecule has 0 N–H and O–H groups in total. The smallest absolute Gasteiger partial charge is 0.146 e. The summed E-state index contributed by atoms with van der Waals surface area (Å²) in [6, 6.07) is 0. The zero-order chi connectivity index (χ0) is 19.5. The van der Waals surface area contributed by atoms with Crippen LogP contribution in [0.25, 0.3) is 0 Å². The maximum Gasteiger partial charge on any atom is 0.146 e. The predicted molar refractivity (Wildman–Crippen MR) is 114 cm³/mol. The van der Waals surface area contributed by atoms with Gasteiger partial charge in [0.1, 0.15) is 19.6 Å². The summed E-state index contributed by atoms with van der Waals surface area (Å²) < 4.78 is 2.72. The number of hydrogen-bond donors (Lipinski definition) is 0. The van der Waals surface area contributed by atoms with Crippen molar-refractivity contribution in [2.45, 2.75) is 64.6 Å². The third kappa shape index (κ3) is 4.44. The number of nitrogens with zero attached hydrogens (tertiary/aromatic N) is 4. The molecule has 0 spiro atoms. The topological polar surface area (TPSA) is 43.6 Å². The van der Waals surface area contributed by atoms with Crippen molar-refractivity contribution in [3.05, 3.63) is 40.1 Å². The minimum Gasteiger partial charge on any atom is -0.274 e. The van der Waals surface area contributed by atoms with Crippen molar-refractivity contribution in [1.29, 1.82) is 0 Å². The van der Waals surface area contributed by atoms with Crippen molar-refractivity contribution >= 4 is 24.0 Å². The first kappa shape index (κ1) is 20.9. The fraction of sp³-hybridized carbons (Fsp3) is 0.550. The molecule has 0 aliphatic carbocycles. The number of hydrogen-bond acceptors (Lipinski definition) is 3. The van der Waals surface area contributed by atoms with Crippen LogP contribution in [0.4, 0.5) is 0 Å². The highest BCUT2D eigenvalue weighted by Crippen LogP contribution is 2.40. The van der Waals surface area contributed by atoms with E-state index in [0.717, 1.165) is 21.6 Å². The molecule has 0 aliphatic heterocycles. The molecule has 0 radical (unpaired) electrons. The first-order valence-corrected chi connectivity index (χ1v) is 12.2. The molecule has 140 valence electrons. The fourth-order valence-corrected chi connectivity index (χ4v) is 9.38. The van der Waals surface area contributed by atoms with Gasteiger partial charge in [0.2, 0.25) is 0 Å². The minimum atomic E-state index is -1.77. The predicted octanol–water partition coefficient (Wildman–Crippen LogP) is 5.13. The fourth-order valence-electron chi connectivity index (χ4n) is 3.97. The van der Waals surface area contributed by atoms with Gasteiger partial charge in [0, 0.05) is 37.6 Å². The summed E-state index contributed by atoms with van der Waals surface area (Å²) in [5.41, 5.74) is 7.53. The Labute approximate surface area is 167 Å². The van der Waals surface area contributed by atoms with E-state index in [1.807, 2.05) is 17.9 Å². The van der Waals surface area contributed by atoms with Gasteiger partial charge in [0.05, 0.1) is 4.47 Å². The van der Waals surface area contributed by atoms with Gasteiger partial charge in [-0.05, 0) is 32.6 Å². The lowest BCUT2D eigenvalue weighted by molar-refractivity contribution is 0.763. The Morgan fingerprint density at radius 1 is 1.04 bits per heavy atom. The number of aromatic nitrogens is 4. The standard InChI is InChI=1S/C20H29BrN4Si/c1-14(2)26(15(3)4,16(5)6)9-8-19-17(13-25(7)24-19)10-20-22-11-18(21)12-23-20/h11-16H,10H2,1-7H3. The largest absolute Gasteiger partial charge is 0.274 e. The molecule has 0 bridgehead atoms. The second-order valence-electron chi connectivity index (χ2n) is 7.82. The lowest BCUT2D eigenvalue weighted by Gasteiger charge is -2.38. The van der Waals surface area contributed by atoms with Crippen LogP contribution in [-0.4, -0.2) is 27.8 Å². The Hall–Kier alpha value is -1.45. The molecule has 0 unspecified atom stereocenters. The van der Waals surface area contributed by atoms with Crippen LogP contribution in [0.5, 0.6) is 0 Å². The van der Waals surface area contributed by atoms with Crippen molar-refractivity contribution in [2.24, 2.45) is 7.05 Å². The second kappa shape index (κ2) is 8.49. The van der Waals surface area contributed by atoms with Crippen LogP contribution in [-0.2, 0) is 13.5 Å². The molecule has 0 aliphatic rings. The van der Waals surface area contributed by atoms with Crippen molar-refractivity contribution < 1.29 is 0 Å². The van der Waals surface area contributed by atoms with Gasteiger partial charge in [0.15, 0.2) is 0 Å². The molecule has 2 heterocycles. The highest BCUT2D eigenvalue weighted by molar-refractivity contribution is 9.10. The molecule has 2 aromatic heterocycles. The zero-order valence-electron chi connectivity index (χ0n) is 16.8. The van der Waals surface area contributed by atoms with E-state index in [2.05, 4.69) is 84.0 Å². The summed E-state index contributed by atoms with van der Waals surface area (Å²) >= 11 is 3.38. The van der Waals surface area contributed by atoms with Crippen LogP contribution >= 0.6 is 15.9 Å². The van der Waals surface area contributed by atoms with Crippen LogP contribution < -0.4 is 0 Å². The van der Waals surface area contributed by atoms with E-state index in [1.54, 1.807) is 12.4 Å². The summed E-state index contributed by atoms with van der Waals surface area (Å²) in [5, 5.41) is 4.61. The number of rotatable bonds is 5. The molecule has 0 amide bonds. The molecule has 0 saturated heterocycles. The van der Waals surface area contributed by atoms with Crippen LogP contribution in [0.2, 0.25) is 16.6 Å². The van der Waals surface area contributed by atoms with Gasteiger partial charge in [-0.25, -0.2) is 9.97 Å². The first-order valence-electron chi connectivity index (χ1n) is 9.18. The third-order valence-corrected chi connectivity index (χ3v) is 11.9. The molecular formula is C20H29BrN4Si. The average molecular weight is 433 g/mol. The molecule has 6 heteroatoms. The third-order valence-electron chi connectivity index (χ3n) is 5.19. The molecule has 2 aromatic rings. The SMILES string of the molecule is CC(C)[Si](C#Cc1nn(C)cc1Cc1ncc(Br)cn1)(C(C)C)C(C)C. The summed E-state index contributed by atoms with van der Waals surface area (Å²) in [5.74, 6) is 4.25. The summed E-state index contributed by atoms with van der Waals surface area (Å²) in [4.78, 5) is 8.77. The quantitative estimate of drug-likeness (QED) is 0.485. The average Bonchev–Trinajstić information content (AvgIpc) is 2.89. The van der Waals surface area contributed by atoms with Crippen molar-refractivity contribution in [2.75, 3.05) is 0 Å². The van der Waals surface area contributed by atoms with Crippen LogP contribution in [0.15, 0.2) is 23.1 Å². The Balaban J connectivity index is 2.41. The van der Waals surface area contributed by atoms with Crippen molar-refractivity contribution in [3.63, 3.8) is 0 Å². The molecule has 0 saturated carbocycles. The molecule has 26 heavy (non-hydrogen) atoms. The maximum atomic E-state index is 4.61. The lowest BCUT2D eigenvalue weighted by atomic mass is 10.2.